The van der Waals surface area contributed by atoms with Gasteiger partial charge in [0.2, 0.25) is 5.91 Å². The molecular weight excluding hydrogens is 360 g/mol. The summed E-state index contributed by atoms with van der Waals surface area (Å²) in [6.45, 7) is 0. The van der Waals surface area contributed by atoms with Crippen LogP contribution in [0.2, 0.25) is 0 Å². The van der Waals surface area contributed by atoms with Gasteiger partial charge in [0.05, 0.1) is 11.7 Å². The Labute approximate surface area is 163 Å². The van der Waals surface area contributed by atoms with Gasteiger partial charge in [-0.2, -0.15) is 11.8 Å². The minimum Gasteiger partial charge on any atom is -0.347 e. The van der Waals surface area contributed by atoms with Crippen LogP contribution in [0.3, 0.4) is 0 Å². The van der Waals surface area contributed by atoms with E-state index in [1.54, 1.807) is 30.2 Å². The van der Waals surface area contributed by atoms with Crippen molar-refractivity contribution in [3.05, 3.63) is 46.6 Å². The van der Waals surface area contributed by atoms with Gasteiger partial charge < -0.3 is 10.3 Å². The van der Waals surface area contributed by atoms with Crippen LogP contribution in [0.25, 0.3) is 11.4 Å². The lowest BCUT2D eigenvalue weighted by molar-refractivity contribution is -0.126. The number of carbonyl (C=O) groups is 1. The first-order valence-corrected chi connectivity index (χ1v) is 10.9. The molecule has 0 saturated heterocycles. The second-order valence-electron chi connectivity index (χ2n) is 6.94. The van der Waals surface area contributed by atoms with Gasteiger partial charge in [-0.25, -0.2) is 4.98 Å². The number of nitrogens with one attached hydrogen (secondary N) is 2. The first kappa shape index (κ1) is 19.6. The maximum absolute atomic E-state index is 12.7. The first-order chi connectivity index (χ1) is 13.2. The molecule has 144 valence electrons. The molecule has 0 radical (unpaired) electrons. The highest BCUT2D eigenvalue weighted by atomic mass is 32.2. The standard InChI is InChI=1S/C20H26N4O2S/c1-27-11-9-16(23-20(26)14-6-3-2-4-7-14)17-12-18(25)24-19(22-17)15-8-5-10-21-13-15/h5,8,10,12-14,16H,2-4,6-7,9,11H2,1H3,(H,23,26)(H,22,24,25)/t16-/m1/s1. The molecule has 1 fully saturated rings. The second kappa shape index (κ2) is 9.69. The molecule has 0 bridgehead atoms. The van der Waals surface area contributed by atoms with Crippen LogP contribution >= 0.6 is 11.8 Å². The van der Waals surface area contributed by atoms with E-state index in [2.05, 4.69) is 20.3 Å². The fourth-order valence-corrected chi connectivity index (χ4v) is 3.95. The van der Waals surface area contributed by atoms with Gasteiger partial charge in [-0.05, 0) is 43.4 Å². The number of aromatic nitrogens is 3. The van der Waals surface area contributed by atoms with E-state index in [-0.39, 0.29) is 23.4 Å². The summed E-state index contributed by atoms with van der Waals surface area (Å²) in [7, 11) is 0. The van der Waals surface area contributed by atoms with Crippen molar-refractivity contribution in [2.45, 2.75) is 44.6 Å². The van der Waals surface area contributed by atoms with Gasteiger partial charge in [-0.15, -0.1) is 0 Å². The predicted molar refractivity (Wildman–Crippen MR) is 109 cm³/mol. The molecule has 0 aliphatic heterocycles. The van der Waals surface area contributed by atoms with E-state index in [4.69, 9.17) is 0 Å². The van der Waals surface area contributed by atoms with Gasteiger partial charge in [-0.1, -0.05) is 19.3 Å². The Morgan fingerprint density at radius 2 is 2.19 bits per heavy atom. The minimum absolute atomic E-state index is 0.0790. The molecule has 3 rings (SSSR count). The van der Waals surface area contributed by atoms with Gasteiger partial charge in [-0.3, -0.25) is 14.6 Å². The molecule has 0 spiro atoms. The van der Waals surface area contributed by atoms with Crippen molar-refractivity contribution in [3.8, 4) is 11.4 Å². The van der Waals surface area contributed by atoms with Crippen LogP contribution in [-0.2, 0) is 4.79 Å². The van der Waals surface area contributed by atoms with Crippen molar-refractivity contribution in [3.63, 3.8) is 0 Å². The molecule has 2 heterocycles. The topological polar surface area (TPSA) is 87.7 Å². The Bertz CT molecular complexity index is 803. The van der Waals surface area contributed by atoms with E-state index in [1.165, 1.54) is 12.5 Å². The highest BCUT2D eigenvalue weighted by molar-refractivity contribution is 7.98. The Kier molecular flexibility index (Phi) is 7.04. The third-order valence-electron chi connectivity index (χ3n) is 4.96. The Balaban J connectivity index is 1.84. The highest BCUT2D eigenvalue weighted by Gasteiger charge is 2.25. The maximum Gasteiger partial charge on any atom is 0.251 e. The predicted octanol–water partition coefficient (Wildman–Crippen LogP) is 3.32. The van der Waals surface area contributed by atoms with Gasteiger partial charge in [0.25, 0.3) is 5.56 Å². The molecule has 2 N–H and O–H groups in total. The zero-order chi connectivity index (χ0) is 19.1. The van der Waals surface area contributed by atoms with Gasteiger partial charge >= 0.3 is 0 Å². The van der Waals surface area contributed by atoms with Crippen molar-refractivity contribution in [1.29, 1.82) is 0 Å². The van der Waals surface area contributed by atoms with Crippen LogP contribution in [0.5, 0.6) is 0 Å². The lowest BCUT2D eigenvalue weighted by atomic mass is 9.88. The molecule has 1 atom stereocenters. The van der Waals surface area contributed by atoms with E-state index in [1.807, 2.05) is 12.3 Å². The van der Waals surface area contributed by atoms with E-state index < -0.39 is 0 Å². The molecular formula is C20H26N4O2S. The number of nitrogens with zero attached hydrogens (tertiary/aromatic N) is 2. The number of hydrogen-bond acceptors (Lipinski definition) is 5. The summed E-state index contributed by atoms with van der Waals surface area (Å²) in [5, 5.41) is 3.16. The zero-order valence-corrected chi connectivity index (χ0v) is 16.4. The monoisotopic (exact) mass is 386 g/mol. The smallest absolute Gasteiger partial charge is 0.251 e. The largest absolute Gasteiger partial charge is 0.347 e. The number of thioether (sulfide) groups is 1. The average molecular weight is 387 g/mol. The molecule has 1 saturated carbocycles. The molecule has 0 unspecified atom stereocenters. The summed E-state index contributed by atoms with van der Waals surface area (Å²) in [4.78, 5) is 36.5. The fourth-order valence-electron chi connectivity index (χ4n) is 3.48. The zero-order valence-electron chi connectivity index (χ0n) is 15.6. The normalized spacial score (nSPS) is 16.0. The number of rotatable bonds is 7. The number of pyridine rings is 1. The number of hydrogen-bond donors (Lipinski definition) is 2. The number of aromatic amines is 1. The Morgan fingerprint density at radius 1 is 1.37 bits per heavy atom. The highest BCUT2D eigenvalue weighted by Crippen LogP contribution is 2.26. The van der Waals surface area contributed by atoms with Crippen molar-refractivity contribution >= 4 is 17.7 Å². The molecule has 1 amide bonds. The van der Waals surface area contributed by atoms with E-state index in [0.717, 1.165) is 43.4 Å². The fraction of sp³-hybridized carbons (Fsp3) is 0.500. The molecule has 6 nitrogen and oxygen atoms in total. The van der Waals surface area contributed by atoms with Crippen LogP contribution in [-0.4, -0.2) is 32.9 Å². The van der Waals surface area contributed by atoms with Crippen LogP contribution in [0.15, 0.2) is 35.4 Å². The van der Waals surface area contributed by atoms with Crippen molar-refractivity contribution < 1.29 is 4.79 Å². The number of amides is 1. The van der Waals surface area contributed by atoms with E-state index >= 15 is 0 Å². The lowest BCUT2D eigenvalue weighted by Gasteiger charge is -2.25. The Hall–Kier alpha value is -2.15. The van der Waals surface area contributed by atoms with Crippen molar-refractivity contribution in [2.75, 3.05) is 12.0 Å². The van der Waals surface area contributed by atoms with E-state index in [9.17, 15) is 9.59 Å². The van der Waals surface area contributed by atoms with Crippen LogP contribution in [0, 0.1) is 5.92 Å². The van der Waals surface area contributed by atoms with Crippen molar-refractivity contribution in [1.82, 2.24) is 20.3 Å². The van der Waals surface area contributed by atoms with Crippen LogP contribution in [0.1, 0.15) is 50.3 Å². The van der Waals surface area contributed by atoms with Crippen LogP contribution < -0.4 is 10.9 Å². The summed E-state index contributed by atoms with van der Waals surface area (Å²) in [5.74, 6) is 1.53. The third kappa shape index (κ3) is 5.42. The summed E-state index contributed by atoms with van der Waals surface area (Å²) >= 11 is 1.72. The number of H-pyrrole nitrogens is 1. The minimum atomic E-state index is -0.260. The van der Waals surface area contributed by atoms with E-state index in [0.29, 0.717) is 11.5 Å². The SMILES string of the molecule is CSCC[C@@H](NC(=O)C1CCCCC1)c1cc(=O)[nH]c(-c2cccnc2)n1. The number of carbonyl (C=O) groups excluding carboxylic acids is 1. The Morgan fingerprint density at radius 3 is 2.89 bits per heavy atom. The molecule has 1 aliphatic carbocycles. The first-order valence-electron chi connectivity index (χ1n) is 9.48. The molecule has 2 aromatic rings. The van der Waals surface area contributed by atoms with Gasteiger partial charge in [0.15, 0.2) is 0 Å². The van der Waals surface area contributed by atoms with Crippen molar-refractivity contribution in [2.24, 2.45) is 5.92 Å². The quantitative estimate of drug-likeness (QED) is 0.762. The molecule has 0 aromatic carbocycles. The maximum atomic E-state index is 12.7. The summed E-state index contributed by atoms with van der Waals surface area (Å²) in [6, 6.07) is 4.89. The molecule has 7 heteroatoms. The molecule has 2 aromatic heterocycles. The molecule has 1 aliphatic rings. The lowest BCUT2D eigenvalue weighted by Crippen LogP contribution is -2.36. The second-order valence-corrected chi connectivity index (χ2v) is 7.92. The summed E-state index contributed by atoms with van der Waals surface area (Å²) < 4.78 is 0. The third-order valence-corrected chi connectivity index (χ3v) is 5.60. The molecule has 27 heavy (non-hydrogen) atoms. The van der Waals surface area contributed by atoms with Gasteiger partial charge in [0, 0.05) is 29.9 Å². The summed E-state index contributed by atoms with van der Waals surface area (Å²) in [6.07, 6.45) is 11.5. The average Bonchev–Trinajstić information content (AvgIpc) is 2.71. The van der Waals surface area contributed by atoms with Gasteiger partial charge in [0.1, 0.15) is 5.82 Å². The summed E-state index contributed by atoms with van der Waals surface area (Å²) in [5.41, 5.74) is 1.13. The van der Waals surface area contributed by atoms with Crippen LogP contribution in [0.4, 0.5) is 0 Å².